The summed E-state index contributed by atoms with van der Waals surface area (Å²) < 4.78 is 0. The van der Waals surface area contributed by atoms with E-state index in [0.717, 1.165) is 36.8 Å². The van der Waals surface area contributed by atoms with E-state index < -0.39 is 0 Å². The molecule has 0 aliphatic heterocycles. The normalized spacial score (nSPS) is 17.7. The first kappa shape index (κ1) is 24.5. The van der Waals surface area contributed by atoms with Crippen LogP contribution in [0.3, 0.4) is 0 Å². The lowest BCUT2D eigenvalue weighted by molar-refractivity contribution is -0.119. The van der Waals surface area contributed by atoms with E-state index >= 15 is 0 Å². The van der Waals surface area contributed by atoms with Crippen molar-refractivity contribution in [2.24, 2.45) is 5.92 Å². The number of hydrogen-bond donors (Lipinski definition) is 3. The van der Waals surface area contributed by atoms with E-state index in [2.05, 4.69) is 31.0 Å². The minimum absolute atomic E-state index is 0.0210. The highest BCUT2D eigenvalue weighted by Gasteiger charge is 2.23. The molecule has 4 rings (SSSR count). The predicted molar refractivity (Wildman–Crippen MR) is 129 cm³/mol. The van der Waals surface area contributed by atoms with Crippen molar-refractivity contribution < 1.29 is 14.7 Å². The van der Waals surface area contributed by atoms with Crippen LogP contribution in [0, 0.1) is 12.8 Å². The maximum Gasteiger partial charge on any atom is 0.270 e. The molecule has 184 valence electrons. The molecule has 0 unspecified atom stereocenters. The molecule has 35 heavy (non-hydrogen) atoms. The molecule has 2 heterocycles. The van der Waals surface area contributed by atoms with Gasteiger partial charge in [0.05, 0.1) is 13.2 Å². The van der Waals surface area contributed by atoms with Crippen LogP contribution in [-0.4, -0.2) is 48.2 Å². The van der Waals surface area contributed by atoms with E-state index in [0.29, 0.717) is 36.1 Å². The van der Waals surface area contributed by atoms with Crippen molar-refractivity contribution in [2.75, 3.05) is 0 Å². The van der Waals surface area contributed by atoms with Gasteiger partial charge in [-0.1, -0.05) is 24.3 Å². The van der Waals surface area contributed by atoms with Crippen LogP contribution in [0.1, 0.15) is 59.9 Å². The van der Waals surface area contributed by atoms with E-state index in [-0.39, 0.29) is 30.2 Å². The second kappa shape index (κ2) is 11.2. The standard InChI is InChI=1S/C25H31N7O3/c1-16-10-21(12-23(27-16)25(35)26-13-19-4-3-5-20(11-19)15-33)24-29-31-32(30-24)14-18-6-8-22(9-7-18)28-17(2)34/h3-5,10-12,18,22,33H,6-9,13-15H2,1-2H3,(H,26,35)(H,28,34). The van der Waals surface area contributed by atoms with Gasteiger partial charge in [-0.05, 0) is 67.0 Å². The number of amides is 2. The lowest BCUT2D eigenvalue weighted by atomic mass is 9.86. The molecule has 2 amide bonds. The number of hydrogen-bond acceptors (Lipinski definition) is 7. The van der Waals surface area contributed by atoms with Gasteiger partial charge in [-0.2, -0.15) is 4.80 Å². The quantitative estimate of drug-likeness (QED) is 0.452. The molecule has 0 spiro atoms. The number of pyridine rings is 1. The second-order valence-corrected chi connectivity index (χ2v) is 9.13. The molecule has 1 aromatic carbocycles. The highest BCUT2D eigenvalue weighted by molar-refractivity contribution is 5.93. The van der Waals surface area contributed by atoms with Gasteiger partial charge in [0.15, 0.2) is 0 Å². The Morgan fingerprint density at radius 3 is 2.63 bits per heavy atom. The van der Waals surface area contributed by atoms with Crippen LogP contribution in [0.4, 0.5) is 0 Å². The number of aromatic nitrogens is 5. The van der Waals surface area contributed by atoms with Crippen LogP contribution in [0.25, 0.3) is 11.4 Å². The van der Waals surface area contributed by atoms with Crippen LogP contribution in [-0.2, 0) is 24.5 Å². The van der Waals surface area contributed by atoms with Gasteiger partial charge in [0.25, 0.3) is 5.91 Å². The largest absolute Gasteiger partial charge is 0.392 e. The maximum absolute atomic E-state index is 12.8. The highest BCUT2D eigenvalue weighted by atomic mass is 16.3. The van der Waals surface area contributed by atoms with Gasteiger partial charge >= 0.3 is 0 Å². The molecule has 0 bridgehead atoms. The zero-order chi connectivity index (χ0) is 24.8. The highest BCUT2D eigenvalue weighted by Crippen LogP contribution is 2.25. The molecule has 0 radical (unpaired) electrons. The van der Waals surface area contributed by atoms with Gasteiger partial charge in [-0.25, -0.2) is 4.98 Å². The number of rotatable bonds is 8. The Balaban J connectivity index is 1.38. The number of nitrogens with one attached hydrogen (secondary N) is 2. The zero-order valence-corrected chi connectivity index (χ0v) is 20.1. The summed E-state index contributed by atoms with van der Waals surface area (Å²) in [5, 5.41) is 28.1. The SMILES string of the molecule is CC(=O)NC1CCC(Cn2nnc(-c3cc(C)nc(C(=O)NCc4cccc(CO)c4)c3)n2)CC1. The maximum atomic E-state index is 12.8. The summed E-state index contributed by atoms with van der Waals surface area (Å²) in [5.41, 5.74) is 3.34. The molecule has 10 nitrogen and oxygen atoms in total. The van der Waals surface area contributed by atoms with Gasteiger partial charge in [0, 0.05) is 30.8 Å². The molecule has 1 aliphatic carbocycles. The summed E-state index contributed by atoms with van der Waals surface area (Å²) in [6, 6.07) is 11.2. The Kier molecular flexibility index (Phi) is 7.81. The Morgan fingerprint density at radius 2 is 1.89 bits per heavy atom. The first-order valence-electron chi connectivity index (χ1n) is 11.9. The van der Waals surface area contributed by atoms with E-state index in [1.165, 1.54) is 0 Å². The van der Waals surface area contributed by atoms with E-state index in [9.17, 15) is 14.7 Å². The van der Waals surface area contributed by atoms with Crippen molar-refractivity contribution in [1.82, 2.24) is 35.8 Å². The van der Waals surface area contributed by atoms with Gasteiger partial charge in [-0.3, -0.25) is 9.59 Å². The molecule has 3 aromatic rings. The van der Waals surface area contributed by atoms with Crippen molar-refractivity contribution in [3.8, 4) is 11.4 Å². The van der Waals surface area contributed by atoms with Crippen LogP contribution in [0.15, 0.2) is 36.4 Å². The first-order chi connectivity index (χ1) is 16.9. The topological polar surface area (TPSA) is 135 Å². The van der Waals surface area contributed by atoms with Crippen molar-refractivity contribution >= 4 is 11.8 Å². The van der Waals surface area contributed by atoms with Gasteiger partial charge < -0.3 is 15.7 Å². The molecule has 1 saturated carbocycles. The first-order valence-corrected chi connectivity index (χ1v) is 11.9. The fourth-order valence-electron chi connectivity index (χ4n) is 4.47. The number of aryl methyl sites for hydroxylation is 1. The molecule has 10 heteroatoms. The number of tetrazole rings is 1. The Morgan fingerprint density at radius 1 is 1.11 bits per heavy atom. The average Bonchev–Trinajstić information content (AvgIpc) is 3.32. The fraction of sp³-hybridized carbons (Fsp3) is 0.440. The summed E-state index contributed by atoms with van der Waals surface area (Å²) in [7, 11) is 0. The summed E-state index contributed by atoms with van der Waals surface area (Å²) in [4.78, 5) is 30.0. The zero-order valence-electron chi connectivity index (χ0n) is 20.1. The van der Waals surface area contributed by atoms with Gasteiger partial charge in [0.2, 0.25) is 11.7 Å². The third kappa shape index (κ3) is 6.69. The fourth-order valence-corrected chi connectivity index (χ4v) is 4.47. The average molecular weight is 478 g/mol. The third-order valence-electron chi connectivity index (χ3n) is 6.20. The summed E-state index contributed by atoms with van der Waals surface area (Å²) in [6.07, 6.45) is 3.92. The number of benzene rings is 1. The Hall–Kier alpha value is -3.66. The number of aliphatic hydroxyl groups excluding tert-OH is 1. The van der Waals surface area contributed by atoms with E-state index in [1.807, 2.05) is 37.3 Å². The van der Waals surface area contributed by atoms with Crippen molar-refractivity contribution in [2.45, 2.75) is 65.3 Å². The molecule has 2 aromatic heterocycles. The van der Waals surface area contributed by atoms with Gasteiger partial charge in [0.1, 0.15) is 5.69 Å². The molecule has 3 N–H and O–H groups in total. The van der Waals surface area contributed by atoms with E-state index in [1.54, 1.807) is 17.8 Å². The molecular formula is C25H31N7O3. The number of nitrogens with zero attached hydrogens (tertiary/aromatic N) is 5. The lowest BCUT2D eigenvalue weighted by Crippen LogP contribution is -2.36. The predicted octanol–water partition coefficient (Wildman–Crippen LogP) is 2.16. The molecule has 0 atom stereocenters. The Labute approximate surface area is 204 Å². The number of aliphatic hydroxyl groups is 1. The minimum Gasteiger partial charge on any atom is -0.392 e. The van der Waals surface area contributed by atoms with Crippen LogP contribution >= 0.6 is 0 Å². The third-order valence-corrected chi connectivity index (χ3v) is 6.20. The molecule has 1 fully saturated rings. The molecule has 1 aliphatic rings. The van der Waals surface area contributed by atoms with Crippen molar-refractivity contribution in [3.05, 3.63) is 58.9 Å². The number of carbonyl (C=O) groups excluding carboxylic acids is 2. The monoisotopic (exact) mass is 477 g/mol. The lowest BCUT2D eigenvalue weighted by Gasteiger charge is -2.28. The summed E-state index contributed by atoms with van der Waals surface area (Å²) >= 11 is 0. The van der Waals surface area contributed by atoms with Crippen LogP contribution < -0.4 is 10.6 Å². The van der Waals surface area contributed by atoms with Crippen LogP contribution in [0.2, 0.25) is 0 Å². The minimum atomic E-state index is -0.298. The smallest absolute Gasteiger partial charge is 0.270 e. The molecule has 0 saturated heterocycles. The van der Waals surface area contributed by atoms with Crippen molar-refractivity contribution in [3.63, 3.8) is 0 Å². The van der Waals surface area contributed by atoms with Gasteiger partial charge in [-0.15, -0.1) is 10.2 Å². The van der Waals surface area contributed by atoms with E-state index in [4.69, 9.17) is 0 Å². The number of carbonyl (C=O) groups is 2. The Bertz CT molecular complexity index is 1190. The molecular weight excluding hydrogens is 446 g/mol. The summed E-state index contributed by atoms with van der Waals surface area (Å²) in [5.74, 6) is 0.611. The second-order valence-electron chi connectivity index (χ2n) is 9.13. The van der Waals surface area contributed by atoms with Crippen molar-refractivity contribution in [1.29, 1.82) is 0 Å². The van der Waals surface area contributed by atoms with Crippen LogP contribution in [0.5, 0.6) is 0 Å². The summed E-state index contributed by atoms with van der Waals surface area (Å²) in [6.45, 7) is 4.33.